The van der Waals surface area contributed by atoms with E-state index in [-0.39, 0.29) is 0 Å². The van der Waals surface area contributed by atoms with Crippen molar-refractivity contribution in [3.8, 4) is 5.75 Å². The third-order valence-corrected chi connectivity index (χ3v) is 3.30. The molecule has 0 heterocycles. The molecule has 0 saturated carbocycles. The quantitative estimate of drug-likeness (QED) is 0.864. The van der Waals surface area contributed by atoms with Crippen LogP contribution in [0.25, 0.3) is 0 Å². The SMILES string of the molecule is CCOc1ccc(Br)cc1CNCc1ccccc1. The van der Waals surface area contributed by atoms with Gasteiger partial charge in [-0.1, -0.05) is 46.3 Å². The summed E-state index contributed by atoms with van der Waals surface area (Å²) in [6.07, 6.45) is 0. The number of nitrogens with one attached hydrogen (secondary N) is 1. The molecule has 2 aromatic rings. The molecule has 2 aromatic carbocycles. The van der Waals surface area contributed by atoms with Crippen LogP contribution in [0.3, 0.4) is 0 Å². The smallest absolute Gasteiger partial charge is 0.123 e. The van der Waals surface area contributed by atoms with Gasteiger partial charge in [0.15, 0.2) is 0 Å². The Balaban J connectivity index is 1.96. The molecule has 0 bridgehead atoms. The van der Waals surface area contributed by atoms with Crippen molar-refractivity contribution in [2.45, 2.75) is 20.0 Å². The molecule has 2 nitrogen and oxygen atoms in total. The molecule has 0 unspecified atom stereocenters. The Morgan fingerprint density at radius 2 is 1.84 bits per heavy atom. The Labute approximate surface area is 122 Å². The van der Waals surface area contributed by atoms with Gasteiger partial charge in [0.25, 0.3) is 0 Å². The van der Waals surface area contributed by atoms with Gasteiger partial charge in [-0.25, -0.2) is 0 Å². The second-order valence-corrected chi connectivity index (χ2v) is 5.19. The predicted molar refractivity (Wildman–Crippen MR) is 82.3 cm³/mol. The van der Waals surface area contributed by atoms with E-state index in [1.54, 1.807) is 0 Å². The summed E-state index contributed by atoms with van der Waals surface area (Å²) in [5.41, 5.74) is 2.46. The molecule has 2 rings (SSSR count). The lowest BCUT2D eigenvalue weighted by atomic mass is 10.2. The molecule has 3 heteroatoms. The van der Waals surface area contributed by atoms with E-state index < -0.39 is 0 Å². The van der Waals surface area contributed by atoms with E-state index in [4.69, 9.17) is 4.74 Å². The van der Waals surface area contributed by atoms with Gasteiger partial charge in [-0.2, -0.15) is 0 Å². The van der Waals surface area contributed by atoms with E-state index in [9.17, 15) is 0 Å². The third kappa shape index (κ3) is 4.37. The highest BCUT2D eigenvalue weighted by Crippen LogP contribution is 2.23. The largest absolute Gasteiger partial charge is 0.494 e. The van der Waals surface area contributed by atoms with Crippen LogP contribution in [-0.2, 0) is 13.1 Å². The summed E-state index contributed by atoms with van der Waals surface area (Å²) >= 11 is 3.50. The zero-order valence-corrected chi connectivity index (χ0v) is 12.6. The Morgan fingerprint density at radius 1 is 1.05 bits per heavy atom. The summed E-state index contributed by atoms with van der Waals surface area (Å²) < 4.78 is 6.71. The second-order valence-electron chi connectivity index (χ2n) is 4.27. The highest BCUT2D eigenvalue weighted by Gasteiger charge is 2.04. The van der Waals surface area contributed by atoms with Crippen LogP contribution in [0.4, 0.5) is 0 Å². The zero-order chi connectivity index (χ0) is 13.5. The maximum absolute atomic E-state index is 5.63. The highest BCUT2D eigenvalue weighted by molar-refractivity contribution is 9.10. The maximum atomic E-state index is 5.63. The van der Waals surface area contributed by atoms with Gasteiger partial charge in [0, 0.05) is 23.1 Å². The Morgan fingerprint density at radius 3 is 2.58 bits per heavy atom. The van der Waals surface area contributed by atoms with Crippen molar-refractivity contribution in [3.63, 3.8) is 0 Å². The van der Waals surface area contributed by atoms with Crippen LogP contribution in [0, 0.1) is 0 Å². The van der Waals surface area contributed by atoms with Gasteiger partial charge in [0.05, 0.1) is 6.61 Å². The van der Waals surface area contributed by atoms with Crippen LogP contribution in [0.5, 0.6) is 5.75 Å². The number of hydrogen-bond donors (Lipinski definition) is 1. The van der Waals surface area contributed by atoms with Crippen LogP contribution in [-0.4, -0.2) is 6.61 Å². The van der Waals surface area contributed by atoms with Crippen molar-refractivity contribution in [2.24, 2.45) is 0 Å². The highest BCUT2D eigenvalue weighted by atomic mass is 79.9. The van der Waals surface area contributed by atoms with E-state index >= 15 is 0 Å². The molecule has 0 aliphatic heterocycles. The average molecular weight is 320 g/mol. The van der Waals surface area contributed by atoms with Gasteiger partial charge in [-0.15, -0.1) is 0 Å². The van der Waals surface area contributed by atoms with Crippen LogP contribution >= 0.6 is 15.9 Å². The molecule has 0 saturated heterocycles. The van der Waals surface area contributed by atoms with Gasteiger partial charge in [-0.3, -0.25) is 0 Å². The summed E-state index contributed by atoms with van der Waals surface area (Å²) in [5.74, 6) is 0.950. The maximum Gasteiger partial charge on any atom is 0.123 e. The first-order valence-electron chi connectivity index (χ1n) is 6.45. The zero-order valence-electron chi connectivity index (χ0n) is 11.0. The van der Waals surface area contributed by atoms with E-state index in [1.807, 2.05) is 25.1 Å². The number of halogens is 1. The Hall–Kier alpha value is -1.32. The van der Waals surface area contributed by atoms with Crippen molar-refractivity contribution < 1.29 is 4.74 Å². The fraction of sp³-hybridized carbons (Fsp3) is 0.250. The van der Waals surface area contributed by atoms with Crippen molar-refractivity contribution in [1.29, 1.82) is 0 Å². The molecular weight excluding hydrogens is 302 g/mol. The van der Waals surface area contributed by atoms with E-state index in [0.717, 1.165) is 23.3 Å². The van der Waals surface area contributed by atoms with E-state index in [2.05, 4.69) is 51.6 Å². The number of hydrogen-bond acceptors (Lipinski definition) is 2. The van der Waals surface area contributed by atoms with Gasteiger partial charge >= 0.3 is 0 Å². The lowest BCUT2D eigenvalue weighted by Crippen LogP contribution is -2.13. The first kappa shape index (κ1) is 14.1. The summed E-state index contributed by atoms with van der Waals surface area (Å²) in [5, 5.41) is 3.44. The van der Waals surface area contributed by atoms with Crippen molar-refractivity contribution >= 4 is 15.9 Å². The molecule has 0 aromatic heterocycles. The monoisotopic (exact) mass is 319 g/mol. The minimum Gasteiger partial charge on any atom is -0.494 e. The minimum atomic E-state index is 0.688. The van der Waals surface area contributed by atoms with Crippen molar-refractivity contribution in [1.82, 2.24) is 5.32 Å². The molecule has 0 amide bonds. The van der Waals surface area contributed by atoms with Crippen LogP contribution in [0.2, 0.25) is 0 Å². The van der Waals surface area contributed by atoms with Gasteiger partial charge < -0.3 is 10.1 Å². The molecule has 0 spiro atoms. The Bertz CT molecular complexity index is 513. The average Bonchev–Trinajstić information content (AvgIpc) is 2.43. The van der Waals surface area contributed by atoms with Gasteiger partial charge in [0.2, 0.25) is 0 Å². The molecule has 0 fully saturated rings. The minimum absolute atomic E-state index is 0.688. The predicted octanol–water partition coefficient (Wildman–Crippen LogP) is 4.14. The summed E-state index contributed by atoms with van der Waals surface area (Å²) in [7, 11) is 0. The molecule has 0 atom stereocenters. The molecule has 100 valence electrons. The standard InChI is InChI=1S/C16H18BrNO/c1-2-19-16-9-8-15(17)10-14(16)12-18-11-13-6-4-3-5-7-13/h3-10,18H,2,11-12H2,1H3. The Kier molecular flexibility index (Phi) is 5.43. The molecular formula is C16H18BrNO. The molecule has 1 N–H and O–H groups in total. The molecule has 0 aliphatic rings. The van der Waals surface area contributed by atoms with Gasteiger partial charge in [0.1, 0.15) is 5.75 Å². The van der Waals surface area contributed by atoms with E-state index in [1.165, 1.54) is 11.1 Å². The second kappa shape index (κ2) is 7.31. The lowest BCUT2D eigenvalue weighted by Gasteiger charge is -2.11. The van der Waals surface area contributed by atoms with Gasteiger partial charge in [-0.05, 0) is 30.7 Å². The fourth-order valence-corrected chi connectivity index (χ4v) is 2.33. The van der Waals surface area contributed by atoms with Crippen LogP contribution < -0.4 is 10.1 Å². The third-order valence-electron chi connectivity index (χ3n) is 2.81. The normalized spacial score (nSPS) is 10.4. The first-order chi connectivity index (χ1) is 9.29. The topological polar surface area (TPSA) is 21.3 Å². The first-order valence-corrected chi connectivity index (χ1v) is 7.24. The number of rotatable bonds is 6. The molecule has 0 aliphatic carbocycles. The van der Waals surface area contributed by atoms with Crippen LogP contribution in [0.15, 0.2) is 53.0 Å². The number of ether oxygens (including phenoxy) is 1. The summed E-state index contributed by atoms with van der Waals surface area (Å²) in [6, 6.07) is 16.5. The summed E-state index contributed by atoms with van der Waals surface area (Å²) in [6.45, 7) is 4.35. The lowest BCUT2D eigenvalue weighted by molar-refractivity contribution is 0.335. The summed E-state index contributed by atoms with van der Waals surface area (Å²) in [4.78, 5) is 0. The molecule has 19 heavy (non-hydrogen) atoms. The number of benzene rings is 2. The van der Waals surface area contributed by atoms with Crippen molar-refractivity contribution in [3.05, 3.63) is 64.1 Å². The fourth-order valence-electron chi connectivity index (χ4n) is 1.92. The van der Waals surface area contributed by atoms with E-state index in [0.29, 0.717) is 6.61 Å². The van der Waals surface area contributed by atoms with Crippen LogP contribution in [0.1, 0.15) is 18.1 Å². The molecule has 0 radical (unpaired) electrons. The van der Waals surface area contributed by atoms with Crippen molar-refractivity contribution in [2.75, 3.05) is 6.61 Å².